The molecule has 1 saturated heterocycles. The second-order valence-electron chi connectivity index (χ2n) is 5.30. The molecule has 0 bridgehead atoms. The molecule has 1 amide bonds. The van der Waals surface area contributed by atoms with Crippen LogP contribution in [0, 0.1) is 12.8 Å². The van der Waals surface area contributed by atoms with Gasteiger partial charge in [-0.25, -0.2) is 0 Å². The standard InChI is InChI=1S/C14H17NO5S2/c1-9-3-4-12(6-13(9)22(18,19)20)15-7-11(5-14(15)17)8-21-10(2)16/h3-4,6,11H,5,7-8H2,1-2H3,(H,18,19,20). The summed E-state index contributed by atoms with van der Waals surface area (Å²) in [6, 6.07) is 4.52. The van der Waals surface area contributed by atoms with Crippen LogP contribution in [-0.2, 0) is 19.7 Å². The smallest absolute Gasteiger partial charge is 0.294 e. The maximum atomic E-state index is 12.1. The van der Waals surface area contributed by atoms with Crippen molar-refractivity contribution in [1.82, 2.24) is 0 Å². The highest BCUT2D eigenvalue weighted by atomic mass is 32.2. The average Bonchev–Trinajstić information content (AvgIpc) is 2.77. The largest absolute Gasteiger partial charge is 0.312 e. The molecule has 6 nitrogen and oxygen atoms in total. The number of hydrogen-bond donors (Lipinski definition) is 1. The molecule has 0 radical (unpaired) electrons. The maximum absolute atomic E-state index is 12.1. The topological polar surface area (TPSA) is 91.8 Å². The van der Waals surface area contributed by atoms with E-state index in [1.165, 1.54) is 29.7 Å². The molecule has 1 aliphatic rings. The lowest BCUT2D eigenvalue weighted by Gasteiger charge is -2.18. The Hall–Kier alpha value is -1.38. The van der Waals surface area contributed by atoms with E-state index < -0.39 is 10.1 Å². The first-order chi connectivity index (χ1) is 10.2. The van der Waals surface area contributed by atoms with Crippen LogP contribution in [0.4, 0.5) is 5.69 Å². The Balaban J connectivity index is 2.22. The van der Waals surface area contributed by atoms with Crippen LogP contribution in [0.1, 0.15) is 18.9 Å². The second kappa shape index (κ2) is 6.39. The lowest BCUT2D eigenvalue weighted by molar-refractivity contribution is -0.117. The number of carbonyl (C=O) groups is 2. The molecule has 0 spiro atoms. The van der Waals surface area contributed by atoms with E-state index >= 15 is 0 Å². The molecule has 120 valence electrons. The molecule has 1 heterocycles. The van der Waals surface area contributed by atoms with Crippen molar-refractivity contribution in [2.75, 3.05) is 17.2 Å². The predicted molar refractivity (Wildman–Crippen MR) is 84.6 cm³/mol. The van der Waals surface area contributed by atoms with Gasteiger partial charge in [0.25, 0.3) is 10.1 Å². The molecule has 1 fully saturated rings. The Kier molecular flexibility index (Phi) is 4.93. The van der Waals surface area contributed by atoms with Crippen molar-refractivity contribution in [2.45, 2.75) is 25.2 Å². The molecule has 2 rings (SSSR count). The van der Waals surface area contributed by atoms with Crippen molar-refractivity contribution in [3.8, 4) is 0 Å². The molecule has 8 heteroatoms. The van der Waals surface area contributed by atoms with E-state index in [9.17, 15) is 22.6 Å². The molecule has 1 N–H and O–H groups in total. The zero-order valence-electron chi connectivity index (χ0n) is 12.3. The number of hydrogen-bond acceptors (Lipinski definition) is 5. The Morgan fingerprint density at radius 2 is 2.14 bits per heavy atom. The lowest BCUT2D eigenvalue weighted by Crippen LogP contribution is -2.25. The summed E-state index contributed by atoms with van der Waals surface area (Å²) >= 11 is 1.18. The first-order valence-electron chi connectivity index (χ1n) is 6.70. The van der Waals surface area contributed by atoms with Gasteiger partial charge in [0.2, 0.25) is 5.91 Å². The van der Waals surface area contributed by atoms with Gasteiger partial charge in [-0.3, -0.25) is 14.1 Å². The third-order valence-corrected chi connectivity index (χ3v) is 5.53. The zero-order valence-corrected chi connectivity index (χ0v) is 13.9. The van der Waals surface area contributed by atoms with Gasteiger partial charge >= 0.3 is 0 Å². The molecule has 1 aromatic carbocycles. The number of carbonyl (C=O) groups excluding carboxylic acids is 2. The molecular weight excluding hydrogens is 326 g/mol. The van der Waals surface area contributed by atoms with E-state index in [0.29, 0.717) is 30.0 Å². The molecule has 0 aromatic heterocycles. The number of anilines is 1. The lowest BCUT2D eigenvalue weighted by atomic mass is 10.1. The SMILES string of the molecule is CC(=O)SCC1CC(=O)N(c2ccc(C)c(S(=O)(=O)O)c2)C1. The van der Waals surface area contributed by atoms with E-state index in [1.54, 1.807) is 19.1 Å². The number of rotatable bonds is 4. The summed E-state index contributed by atoms with van der Waals surface area (Å²) in [5.74, 6) is 0.505. The summed E-state index contributed by atoms with van der Waals surface area (Å²) in [7, 11) is -4.32. The third kappa shape index (κ3) is 3.88. The van der Waals surface area contributed by atoms with Crippen LogP contribution in [-0.4, -0.2) is 36.3 Å². The number of benzene rings is 1. The van der Waals surface area contributed by atoms with Crippen LogP contribution in [0.15, 0.2) is 23.1 Å². The fourth-order valence-electron chi connectivity index (χ4n) is 2.41. The minimum Gasteiger partial charge on any atom is -0.312 e. The van der Waals surface area contributed by atoms with Gasteiger partial charge in [-0.1, -0.05) is 17.8 Å². The Bertz CT molecular complexity index is 714. The van der Waals surface area contributed by atoms with E-state index in [0.717, 1.165) is 0 Å². The van der Waals surface area contributed by atoms with Gasteiger partial charge in [0.1, 0.15) is 0 Å². The summed E-state index contributed by atoms with van der Waals surface area (Å²) in [4.78, 5) is 24.4. The molecule has 1 aromatic rings. The van der Waals surface area contributed by atoms with Gasteiger partial charge in [-0.05, 0) is 30.5 Å². The van der Waals surface area contributed by atoms with Crippen LogP contribution in [0.3, 0.4) is 0 Å². The minimum absolute atomic E-state index is 0.00916. The van der Waals surface area contributed by atoms with Crippen molar-refractivity contribution in [3.63, 3.8) is 0 Å². The highest BCUT2D eigenvalue weighted by Gasteiger charge is 2.31. The molecule has 1 aliphatic heterocycles. The Morgan fingerprint density at radius 3 is 2.73 bits per heavy atom. The second-order valence-corrected chi connectivity index (χ2v) is 7.89. The van der Waals surface area contributed by atoms with Gasteiger partial charge in [-0.15, -0.1) is 0 Å². The summed E-state index contributed by atoms with van der Waals surface area (Å²) in [5, 5.41) is 0.00916. The first kappa shape index (κ1) is 17.0. The first-order valence-corrected chi connectivity index (χ1v) is 9.13. The molecule has 22 heavy (non-hydrogen) atoms. The van der Waals surface area contributed by atoms with E-state index in [2.05, 4.69) is 0 Å². The number of amides is 1. The van der Waals surface area contributed by atoms with Gasteiger partial charge in [-0.2, -0.15) is 8.42 Å². The predicted octanol–water partition coefficient (Wildman–Crippen LogP) is 1.87. The highest BCUT2D eigenvalue weighted by Crippen LogP contribution is 2.30. The van der Waals surface area contributed by atoms with Crippen LogP contribution < -0.4 is 4.90 Å². The van der Waals surface area contributed by atoms with E-state index in [4.69, 9.17) is 0 Å². The van der Waals surface area contributed by atoms with Crippen molar-refractivity contribution < 1.29 is 22.6 Å². The van der Waals surface area contributed by atoms with E-state index in [-0.39, 0.29) is 21.8 Å². The van der Waals surface area contributed by atoms with Gasteiger partial charge in [0.05, 0.1) is 4.90 Å². The Morgan fingerprint density at radius 1 is 1.45 bits per heavy atom. The maximum Gasteiger partial charge on any atom is 0.294 e. The summed E-state index contributed by atoms with van der Waals surface area (Å²) in [5.41, 5.74) is 0.861. The molecule has 0 saturated carbocycles. The Labute approximate surface area is 133 Å². The van der Waals surface area contributed by atoms with E-state index in [1.807, 2.05) is 0 Å². The monoisotopic (exact) mass is 343 g/mol. The molecule has 0 aliphatic carbocycles. The fourth-order valence-corrected chi connectivity index (χ4v) is 3.85. The van der Waals surface area contributed by atoms with Crippen LogP contribution >= 0.6 is 11.8 Å². The molecule has 1 atom stereocenters. The summed E-state index contributed by atoms with van der Waals surface area (Å²) in [6.07, 6.45) is 0.329. The summed E-state index contributed by atoms with van der Waals surface area (Å²) in [6.45, 7) is 3.50. The zero-order chi connectivity index (χ0) is 16.5. The van der Waals surface area contributed by atoms with Crippen molar-refractivity contribution in [1.29, 1.82) is 0 Å². The van der Waals surface area contributed by atoms with Crippen LogP contribution in [0.2, 0.25) is 0 Å². The third-order valence-electron chi connectivity index (χ3n) is 3.49. The number of thioether (sulfide) groups is 1. The average molecular weight is 343 g/mol. The van der Waals surface area contributed by atoms with Crippen LogP contribution in [0.5, 0.6) is 0 Å². The molecular formula is C14H17NO5S2. The summed E-state index contributed by atoms with van der Waals surface area (Å²) < 4.78 is 31.9. The van der Waals surface area contributed by atoms with Crippen molar-refractivity contribution >= 4 is 38.6 Å². The normalized spacial score (nSPS) is 18.8. The highest BCUT2D eigenvalue weighted by molar-refractivity contribution is 8.13. The van der Waals surface area contributed by atoms with Gasteiger partial charge in [0.15, 0.2) is 5.12 Å². The van der Waals surface area contributed by atoms with Gasteiger partial charge < -0.3 is 4.90 Å². The molecule has 1 unspecified atom stereocenters. The quantitative estimate of drug-likeness (QED) is 0.839. The number of nitrogens with zero attached hydrogens (tertiary/aromatic N) is 1. The minimum atomic E-state index is -4.32. The van der Waals surface area contributed by atoms with Crippen LogP contribution in [0.25, 0.3) is 0 Å². The van der Waals surface area contributed by atoms with Gasteiger partial charge in [0, 0.05) is 31.3 Å². The van der Waals surface area contributed by atoms with Crippen molar-refractivity contribution in [3.05, 3.63) is 23.8 Å². The fraction of sp³-hybridized carbons (Fsp3) is 0.429. The van der Waals surface area contributed by atoms with Crippen molar-refractivity contribution in [2.24, 2.45) is 5.92 Å². The number of aryl methyl sites for hydroxylation is 1.